The maximum absolute atomic E-state index is 10.6. The quantitative estimate of drug-likeness (QED) is 0.657. The van der Waals surface area contributed by atoms with Crippen LogP contribution in [0.15, 0.2) is 0 Å². The number of aliphatic hydroxyl groups is 3. The number of ether oxygens (including phenoxy) is 2. The van der Waals surface area contributed by atoms with E-state index in [9.17, 15) is 15.3 Å². The van der Waals surface area contributed by atoms with Gasteiger partial charge in [0.15, 0.2) is 6.29 Å². The zero-order valence-electron chi connectivity index (χ0n) is 10.8. The number of hydrogen-bond donors (Lipinski definition) is 3. The molecular weight excluding hydrogens is 224 g/mol. The van der Waals surface area contributed by atoms with Gasteiger partial charge in [-0.25, -0.2) is 0 Å². The summed E-state index contributed by atoms with van der Waals surface area (Å²) in [4.78, 5) is 0. The minimum absolute atomic E-state index is 0.368. The van der Waals surface area contributed by atoms with Crippen LogP contribution in [0.5, 0.6) is 0 Å². The smallest absolute Gasteiger partial charge is 0.184 e. The first-order valence-electron chi connectivity index (χ1n) is 6.32. The van der Waals surface area contributed by atoms with Gasteiger partial charge in [0, 0.05) is 6.61 Å². The van der Waals surface area contributed by atoms with Crippen LogP contribution < -0.4 is 0 Å². The Morgan fingerprint density at radius 3 is 2.41 bits per heavy atom. The summed E-state index contributed by atoms with van der Waals surface area (Å²) >= 11 is 0. The van der Waals surface area contributed by atoms with Gasteiger partial charge in [-0.15, -0.1) is 0 Å². The summed E-state index contributed by atoms with van der Waals surface area (Å²) in [5, 5.41) is 30.4. The zero-order chi connectivity index (χ0) is 13.1. The third-order valence-corrected chi connectivity index (χ3v) is 3.21. The van der Waals surface area contributed by atoms with Gasteiger partial charge in [0.1, 0.15) is 17.8 Å². The van der Waals surface area contributed by atoms with E-state index in [-0.39, 0.29) is 0 Å². The summed E-state index contributed by atoms with van der Waals surface area (Å²) in [6.07, 6.45) is -1.91. The van der Waals surface area contributed by atoms with E-state index >= 15 is 0 Å². The average Bonchev–Trinajstić information content (AvgIpc) is 2.27. The van der Waals surface area contributed by atoms with Gasteiger partial charge >= 0.3 is 0 Å². The fourth-order valence-corrected chi connectivity index (χ4v) is 2.35. The molecule has 0 aromatic carbocycles. The van der Waals surface area contributed by atoms with Gasteiger partial charge in [0.2, 0.25) is 0 Å². The first-order valence-corrected chi connectivity index (χ1v) is 6.32. The number of aliphatic hydroxyl groups excluding tert-OH is 2. The Labute approximate surface area is 102 Å². The highest BCUT2D eigenvalue weighted by atomic mass is 16.7. The predicted molar refractivity (Wildman–Crippen MR) is 62.4 cm³/mol. The largest absolute Gasteiger partial charge is 0.387 e. The molecule has 0 unspecified atom stereocenters. The molecule has 17 heavy (non-hydrogen) atoms. The fraction of sp³-hybridized carbons (Fsp3) is 1.00. The van der Waals surface area contributed by atoms with Crippen LogP contribution >= 0.6 is 0 Å². The van der Waals surface area contributed by atoms with E-state index in [1.54, 1.807) is 6.92 Å². The van der Waals surface area contributed by atoms with Crippen molar-refractivity contribution in [3.8, 4) is 0 Å². The normalized spacial score (nSPS) is 42.7. The van der Waals surface area contributed by atoms with Crippen LogP contribution in [0.3, 0.4) is 0 Å². The Balaban J connectivity index is 2.86. The van der Waals surface area contributed by atoms with Crippen LogP contribution in [0.4, 0.5) is 0 Å². The summed E-state index contributed by atoms with van der Waals surface area (Å²) in [6, 6.07) is 0. The van der Waals surface area contributed by atoms with Crippen LogP contribution in [0, 0.1) is 0 Å². The van der Waals surface area contributed by atoms with E-state index in [0.717, 1.165) is 6.42 Å². The SMILES string of the molecule is CCCO[C@H]1[C@H](O)O[C@@H](C)[C@H](O)[C@]1(O)CCC. The molecule has 1 aliphatic heterocycles. The third-order valence-electron chi connectivity index (χ3n) is 3.21. The van der Waals surface area contributed by atoms with Gasteiger partial charge in [-0.1, -0.05) is 20.3 Å². The molecule has 5 heteroatoms. The topological polar surface area (TPSA) is 79.2 Å². The predicted octanol–water partition coefficient (Wildman–Crippen LogP) is 0.411. The maximum atomic E-state index is 10.6. The molecule has 5 atom stereocenters. The lowest BCUT2D eigenvalue weighted by atomic mass is 9.81. The van der Waals surface area contributed by atoms with Crippen molar-refractivity contribution in [2.24, 2.45) is 0 Å². The lowest BCUT2D eigenvalue weighted by Crippen LogP contribution is -2.66. The summed E-state index contributed by atoms with van der Waals surface area (Å²) in [5.41, 5.74) is -1.44. The summed E-state index contributed by atoms with van der Waals surface area (Å²) < 4.78 is 10.6. The maximum Gasteiger partial charge on any atom is 0.184 e. The lowest BCUT2D eigenvalue weighted by Gasteiger charge is -2.48. The van der Waals surface area contributed by atoms with Gasteiger partial charge in [0.25, 0.3) is 0 Å². The lowest BCUT2D eigenvalue weighted by molar-refractivity contribution is -0.325. The molecule has 1 fully saturated rings. The zero-order valence-corrected chi connectivity index (χ0v) is 10.8. The molecule has 3 N–H and O–H groups in total. The van der Waals surface area contributed by atoms with Crippen molar-refractivity contribution in [3.05, 3.63) is 0 Å². The summed E-state index contributed by atoms with van der Waals surface area (Å²) in [5.74, 6) is 0. The van der Waals surface area contributed by atoms with Crippen LogP contribution in [-0.4, -0.2) is 52.1 Å². The molecule has 0 saturated carbocycles. The molecule has 0 aromatic heterocycles. The van der Waals surface area contributed by atoms with Gasteiger partial charge in [-0.05, 0) is 19.8 Å². The second-order valence-electron chi connectivity index (χ2n) is 4.71. The molecule has 1 rings (SSSR count). The number of rotatable bonds is 5. The highest BCUT2D eigenvalue weighted by molar-refractivity contribution is 5.01. The van der Waals surface area contributed by atoms with E-state index in [2.05, 4.69) is 0 Å². The van der Waals surface area contributed by atoms with Crippen LogP contribution in [0.2, 0.25) is 0 Å². The van der Waals surface area contributed by atoms with Crippen molar-refractivity contribution in [1.29, 1.82) is 0 Å². The van der Waals surface area contributed by atoms with Gasteiger partial charge in [-0.3, -0.25) is 0 Å². The van der Waals surface area contributed by atoms with Crippen LogP contribution in [0.25, 0.3) is 0 Å². The molecule has 0 aromatic rings. The van der Waals surface area contributed by atoms with Crippen molar-refractivity contribution >= 4 is 0 Å². The second kappa shape index (κ2) is 6.11. The molecular formula is C12H24O5. The van der Waals surface area contributed by atoms with Crippen molar-refractivity contribution in [2.75, 3.05) is 6.61 Å². The van der Waals surface area contributed by atoms with E-state index in [1.165, 1.54) is 0 Å². The van der Waals surface area contributed by atoms with Crippen molar-refractivity contribution in [2.45, 2.75) is 70.2 Å². The average molecular weight is 248 g/mol. The highest BCUT2D eigenvalue weighted by Gasteiger charge is 2.53. The van der Waals surface area contributed by atoms with E-state index in [1.807, 2.05) is 13.8 Å². The Bertz CT molecular complexity index is 235. The van der Waals surface area contributed by atoms with Gasteiger partial charge < -0.3 is 24.8 Å². The van der Waals surface area contributed by atoms with Crippen molar-refractivity contribution in [1.82, 2.24) is 0 Å². The van der Waals surface area contributed by atoms with E-state index in [0.29, 0.717) is 19.4 Å². The molecule has 1 heterocycles. The van der Waals surface area contributed by atoms with Crippen LogP contribution in [-0.2, 0) is 9.47 Å². The number of hydrogen-bond acceptors (Lipinski definition) is 5. The van der Waals surface area contributed by atoms with Gasteiger partial charge in [-0.2, -0.15) is 0 Å². The van der Waals surface area contributed by atoms with E-state index < -0.39 is 30.2 Å². The Morgan fingerprint density at radius 1 is 1.24 bits per heavy atom. The second-order valence-corrected chi connectivity index (χ2v) is 4.71. The molecule has 0 aliphatic carbocycles. The first kappa shape index (κ1) is 14.9. The van der Waals surface area contributed by atoms with Crippen molar-refractivity contribution < 1.29 is 24.8 Å². The molecule has 0 amide bonds. The Kier molecular flexibility index (Phi) is 5.34. The van der Waals surface area contributed by atoms with Gasteiger partial charge in [0.05, 0.1) is 6.10 Å². The monoisotopic (exact) mass is 248 g/mol. The minimum Gasteiger partial charge on any atom is -0.387 e. The minimum atomic E-state index is -1.44. The molecule has 102 valence electrons. The van der Waals surface area contributed by atoms with E-state index in [4.69, 9.17) is 9.47 Å². The molecule has 0 spiro atoms. The Hall–Kier alpha value is -0.200. The molecule has 5 nitrogen and oxygen atoms in total. The summed E-state index contributed by atoms with van der Waals surface area (Å²) in [7, 11) is 0. The molecule has 1 aliphatic rings. The molecule has 0 radical (unpaired) electrons. The Morgan fingerprint density at radius 2 is 1.88 bits per heavy atom. The van der Waals surface area contributed by atoms with Crippen LogP contribution in [0.1, 0.15) is 40.0 Å². The first-order chi connectivity index (χ1) is 7.97. The standard InChI is InChI=1S/C12H24O5/c1-4-6-12(15)9(13)8(3)17-11(14)10(12)16-7-5-2/h8-11,13-15H,4-7H2,1-3H3/t8-,9-,10-,11+,12+/m0/s1. The molecule has 1 saturated heterocycles. The fourth-order valence-electron chi connectivity index (χ4n) is 2.35. The molecule has 0 bridgehead atoms. The van der Waals surface area contributed by atoms with Crippen molar-refractivity contribution in [3.63, 3.8) is 0 Å². The third kappa shape index (κ3) is 2.98. The summed E-state index contributed by atoms with van der Waals surface area (Å²) in [6.45, 7) is 5.89. The highest BCUT2D eigenvalue weighted by Crippen LogP contribution is 2.34.